The van der Waals surface area contributed by atoms with E-state index >= 15 is 0 Å². The lowest BCUT2D eigenvalue weighted by Crippen LogP contribution is -2.48. The lowest BCUT2D eigenvalue weighted by atomic mass is 9.91. The molecule has 0 atom stereocenters. The number of pyridine rings is 2. The highest BCUT2D eigenvalue weighted by Crippen LogP contribution is 2.26. The number of aromatic nitrogens is 6. The second kappa shape index (κ2) is 7.17. The molecule has 0 amide bonds. The molecule has 0 bridgehead atoms. The highest BCUT2D eigenvalue weighted by molar-refractivity contribution is 5.72. The van der Waals surface area contributed by atoms with Crippen LogP contribution in [0.15, 0.2) is 49.1 Å². The summed E-state index contributed by atoms with van der Waals surface area (Å²) in [6.45, 7) is 1.86. The highest BCUT2D eigenvalue weighted by atomic mass is 16.3. The van der Waals surface area contributed by atoms with Crippen LogP contribution in [-0.4, -0.2) is 60.2 Å². The first kappa shape index (κ1) is 17.6. The first-order valence-corrected chi connectivity index (χ1v) is 9.55. The van der Waals surface area contributed by atoms with E-state index in [9.17, 15) is 5.11 Å². The molecule has 2 N–H and O–H groups in total. The van der Waals surface area contributed by atoms with Crippen molar-refractivity contribution in [3.8, 4) is 0 Å². The molecule has 1 saturated heterocycles. The molecule has 9 heteroatoms. The van der Waals surface area contributed by atoms with Gasteiger partial charge < -0.3 is 15.3 Å². The van der Waals surface area contributed by atoms with E-state index in [0.717, 1.165) is 16.9 Å². The van der Waals surface area contributed by atoms with E-state index in [2.05, 4.69) is 40.1 Å². The number of hydrogen-bond acceptors (Lipinski definition) is 9. The monoisotopic (exact) mass is 388 g/mol. The Morgan fingerprint density at radius 1 is 0.828 bits per heavy atom. The lowest BCUT2D eigenvalue weighted by Gasteiger charge is -2.38. The zero-order valence-corrected chi connectivity index (χ0v) is 15.7. The maximum atomic E-state index is 11.0. The molecule has 29 heavy (non-hydrogen) atoms. The van der Waals surface area contributed by atoms with Gasteiger partial charge in [0.15, 0.2) is 11.3 Å². The minimum atomic E-state index is -0.799. The second-order valence-corrected chi connectivity index (χ2v) is 7.23. The van der Waals surface area contributed by atoms with Crippen molar-refractivity contribution >= 4 is 34.0 Å². The van der Waals surface area contributed by atoms with E-state index in [1.165, 1.54) is 0 Å². The number of fused-ring (bicyclic) bond motifs is 2. The Hall–Kier alpha value is -3.46. The fourth-order valence-corrected chi connectivity index (χ4v) is 3.56. The summed E-state index contributed by atoms with van der Waals surface area (Å²) in [5.74, 6) is 1.55. The Labute approximate surface area is 166 Å². The summed E-state index contributed by atoms with van der Waals surface area (Å²) in [5.41, 5.74) is 1.95. The summed E-state index contributed by atoms with van der Waals surface area (Å²) in [7, 11) is 0. The average molecular weight is 388 g/mol. The van der Waals surface area contributed by atoms with Gasteiger partial charge in [-0.3, -0.25) is 9.97 Å². The van der Waals surface area contributed by atoms with Gasteiger partial charge in [-0.05, 0) is 37.1 Å². The topological polar surface area (TPSA) is 113 Å². The predicted octanol–water partition coefficient (Wildman–Crippen LogP) is 1.81. The van der Waals surface area contributed by atoms with Crippen molar-refractivity contribution in [2.75, 3.05) is 29.9 Å². The molecular weight excluding hydrogens is 368 g/mol. The molecule has 4 aromatic rings. The van der Waals surface area contributed by atoms with Crippen LogP contribution in [-0.2, 0) is 0 Å². The highest BCUT2D eigenvalue weighted by Gasteiger charge is 2.32. The lowest BCUT2D eigenvalue weighted by molar-refractivity contribution is 0.0289. The van der Waals surface area contributed by atoms with Crippen molar-refractivity contribution in [2.45, 2.75) is 18.4 Å². The number of rotatable bonds is 4. The van der Waals surface area contributed by atoms with Crippen LogP contribution in [0.3, 0.4) is 0 Å². The molecule has 0 unspecified atom stereocenters. The van der Waals surface area contributed by atoms with Gasteiger partial charge in [-0.15, -0.1) is 0 Å². The summed E-state index contributed by atoms with van der Waals surface area (Å²) in [4.78, 5) is 28.2. The molecule has 0 aliphatic carbocycles. The summed E-state index contributed by atoms with van der Waals surface area (Å²) in [5, 5.41) is 14.2. The van der Waals surface area contributed by atoms with Crippen molar-refractivity contribution in [1.29, 1.82) is 0 Å². The maximum Gasteiger partial charge on any atom is 0.180 e. The zero-order chi connectivity index (χ0) is 19.7. The van der Waals surface area contributed by atoms with Crippen LogP contribution < -0.4 is 10.2 Å². The average Bonchev–Trinajstić information content (AvgIpc) is 2.78. The van der Waals surface area contributed by atoms with E-state index < -0.39 is 5.60 Å². The number of aliphatic hydroxyl groups is 1. The standard InChI is InChI=1S/C20H20N8O/c29-20(13-25-16-3-1-14-18(26-16)23-9-7-21-14)5-11-28(12-6-20)17-4-2-15-19(27-17)24-10-8-22-15/h1-4,7-10,29H,5-6,11-13H2,(H,23,25,26). The first-order chi connectivity index (χ1) is 14.2. The van der Waals surface area contributed by atoms with E-state index in [1.807, 2.05) is 24.3 Å². The number of anilines is 2. The SMILES string of the molecule is OC1(CNc2ccc3nccnc3n2)CCN(c2ccc3nccnc3n2)CC1. The maximum absolute atomic E-state index is 11.0. The van der Waals surface area contributed by atoms with Crippen molar-refractivity contribution < 1.29 is 5.11 Å². The molecule has 1 aliphatic rings. The van der Waals surface area contributed by atoms with Gasteiger partial charge in [0.25, 0.3) is 0 Å². The fourth-order valence-electron chi connectivity index (χ4n) is 3.56. The number of nitrogens with zero attached hydrogens (tertiary/aromatic N) is 7. The van der Waals surface area contributed by atoms with Crippen LogP contribution in [0.5, 0.6) is 0 Å². The third kappa shape index (κ3) is 3.64. The minimum Gasteiger partial charge on any atom is -0.388 e. The molecule has 0 saturated carbocycles. The van der Waals surface area contributed by atoms with Gasteiger partial charge in [-0.25, -0.2) is 19.9 Å². The van der Waals surface area contributed by atoms with Crippen LogP contribution >= 0.6 is 0 Å². The molecule has 5 heterocycles. The van der Waals surface area contributed by atoms with E-state index in [0.29, 0.717) is 49.6 Å². The van der Waals surface area contributed by atoms with Crippen molar-refractivity contribution in [1.82, 2.24) is 29.9 Å². The van der Waals surface area contributed by atoms with Gasteiger partial charge in [0.2, 0.25) is 0 Å². The fraction of sp³-hybridized carbons (Fsp3) is 0.300. The normalized spacial score (nSPS) is 16.2. The quantitative estimate of drug-likeness (QED) is 0.540. The molecule has 0 aromatic carbocycles. The molecule has 4 aromatic heterocycles. The van der Waals surface area contributed by atoms with Crippen molar-refractivity contribution in [2.24, 2.45) is 0 Å². The van der Waals surface area contributed by atoms with E-state index in [4.69, 9.17) is 0 Å². The first-order valence-electron chi connectivity index (χ1n) is 9.55. The van der Waals surface area contributed by atoms with Crippen molar-refractivity contribution in [3.05, 3.63) is 49.1 Å². The van der Waals surface area contributed by atoms with Gasteiger partial charge in [0.1, 0.15) is 22.7 Å². The number of hydrogen-bond donors (Lipinski definition) is 2. The van der Waals surface area contributed by atoms with Gasteiger partial charge >= 0.3 is 0 Å². The molecule has 1 fully saturated rings. The predicted molar refractivity (Wildman–Crippen MR) is 110 cm³/mol. The van der Waals surface area contributed by atoms with Crippen LogP contribution in [0.2, 0.25) is 0 Å². The third-order valence-electron chi connectivity index (χ3n) is 5.27. The van der Waals surface area contributed by atoms with Gasteiger partial charge in [0.05, 0.1) is 5.60 Å². The van der Waals surface area contributed by atoms with Crippen LogP contribution in [0.25, 0.3) is 22.3 Å². The number of piperidine rings is 1. The Morgan fingerprint density at radius 3 is 2.17 bits per heavy atom. The molecular formula is C20H20N8O. The Kier molecular flexibility index (Phi) is 4.36. The van der Waals surface area contributed by atoms with Gasteiger partial charge in [-0.1, -0.05) is 0 Å². The summed E-state index contributed by atoms with van der Waals surface area (Å²) < 4.78 is 0. The molecule has 9 nitrogen and oxygen atoms in total. The smallest absolute Gasteiger partial charge is 0.180 e. The van der Waals surface area contributed by atoms with E-state index in [1.54, 1.807) is 24.8 Å². The van der Waals surface area contributed by atoms with Gasteiger partial charge in [0, 0.05) is 44.4 Å². The summed E-state index contributed by atoms with van der Waals surface area (Å²) >= 11 is 0. The molecule has 5 rings (SSSR count). The zero-order valence-electron chi connectivity index (χ0n) is 15.7. The third-order valence-corrected chi connectivity index (χ3v) is 5.27. The molecule has 0 spiro atoms. The Balaban J connectivity index is 1.23. The molecule has 1 aliphatic heterocycles. The number of nitrogens with one attached hydrogen (secondary N) is 1. The largest absolute Gasteiger partial charge is 0.388 e. The van der Waals surface area contributed by atoms with Crippen LogP contribution in [0.4, 0.5) is 11.6 Å². The van der Waals surface area contributed by atoms with Crippen molar-refractivity contribution in [3.63, 3.8) is 0 Å². The molecule has 0 radical (unpaired) electrons. The minimum absolute atomic E-state index is 0.427. The Morgan fingerprint density at radius 2 is 1.45 bits per heavy atom. The second-order valence-electron chi connectivity index (χ2n) is 7.23. The van der Waals surface area contributed by atoms with Crippen LogP contribution in [0.1, 0.15) is 12.8 Å². The van der Waals surface area contributed by atoms with Crippen LogP contribution in [0, 0.1) is 0 Å². The van der Waals surface area contributed by atoms with Gasteiger partial charge in [-0.2, -0.15) is 0 Å². The summed E-state index contributed by atoms with van der Waals surface area (Å²) in [6.07, 6.45) is 7.83. The van der Waals surface area contributed by atoms with E-state index in [-0.39, 0.29) is 0 Å². The summed E-state index contributed by atoms with van der Waals surface area (Å²) in [6, 6.07) is 7.62. The molecule has 146 valence electrons. The Bertz CT molecular complexity index is 1160.